The lowest BCUT2D eigenvalue weighted by molar-refractivity contribution is -0.106. The Labute approximate surface area is 116 Å². The van der Waals surface area contributed by atoms with Gasteiger partial charge in [-0.15, -0.1) is 5.73 Å². The molecule has 3 heteroatoms. The Bertz CT molecular complexity index is 447. The van der Waals surface area contributed by atoms with Crippen molar-refractivity contribution in [3.05, 3.63) is 41.3 Å². The summed E-state index contributed by atoms with van der Waals surface area (Å²) < 4.78 is 0. The minimum Gasteiger partial charge on any atom is -0.369 e. The second-order valence-electron chi connectivity index (χ2n) is 5.07. The second kappa shape index (κ2) is 5.79. The molecular formula is C16H24N2O. The standard InChI is InChI=1S/C14H18N2O.C2H6/c1-14(17,13-8-5-9-15-13)16-10-11-6-3-2-4-7-12(11)16;1-2/h3-4,6-7,13,15,17H,5,8-10H2,1H3;1-2H3. The number of allylic oxidation sites excluding steroid dienone is 3. The summed E-state index contributed by atoms with van der Waals surface area (Å²) in [6, 6.07) is 0.171. The molecule has 0 aromatic rings. The van der Waals surface area contributed by atoms with Crippen molar-refractivity contribution in [2.75, 3.05) is 13.1 Å². The van der Waals surface area contributed by atoms with Crippen molar-refractivity contribution in [3.63, 3.8) is 0 Å². The van der Waals surface area contributed by atoms with E-state index in [1.165, 1.54) is 5.57 Å². The van der Waals surface area contributed by atoms with Gasteiger partial charge in [-0.2, -0.15) is 0 Å². The van der Waals surface area contributed by atoms with E-state index in [0.29, 0.717) is 0 Å². The molecule has 2 aliphatic heterocycles. The highest BCUT2D eigenvalue weighted by Gasteiger charge is 2.45. The van der Waals surface area contributed by atoms with E-state index in [1.54, 1.807) is 0 Å². The van der Waals surface area contributed by atoms with E-state index in [4.69, 9.17) is 0 Å². The molecule has 2 N–H and O–H groups in total. The molecular weight excluding hydrogens is 236 g/mol. The number of hydrogen-bond acceptors (Lipinski definition) is 3. The maximum Gasteiger partial charge on any atom is 0.150 e. The first-order valence-corrected chi connectivity index (χ1v) is 7.25. The van der Waals surface area contributed by atoms with Crippen molar-refractivity contribution in [1.82, 2.24) is 10.2 Å². The first kappa shape index (κ1) is 14.1. The minimum absolute atomic E-state index is 0.171. The van der Waals surface area contributed by atoms with Gasteiger partial charge in [-0.05, 0) is 56.2 Å². The van der Waals surface area contributed by atoms with Crippen LogP contribution in [0, 0.1) is 0 Å². The molecule has 19 heavy (non-hydrogen) atoms. The van der Waals surface area contributed by atoms with E-state index in [-0.39, 0.29) is 6.04 Å². The van der Waals surface area contributed by atoms with Crippen molar-refractivity contribution in [1.29, 1.82) is 0 Å². The predicted octanol–water partition coefficient (Wildman–Crippen LogP) is 2.32. The van der Waals surface area contributed by atoms with Gasteiger partial charge in [0.1, 0.15) is 0 Å². The Morgan fingerprint density at radius 1 is 1.37 bits per heavy atom. The van der Waals surface area contributed by atoms with E-state index < -0.39 is 5.72 Å². The van der Waals surface area contributed by atoms with Crippen LogP contribution in [0.2, 0.25) is 0 Å². The summed E-state index contributed by atoms with van der Waals surface area (Å²) in [6.45, 7) is 7.75. The van der Waals surface area contributed by atoms with Gasteiger partial charge < -0.3 is 15.3 Å². The molecule has 0 spiro atoms. The molecule has 0 amide bonds. The maximum atomic E-state index is 10.7. The van der Waals surface area contributed by atoms with Gasteiger partial charge in [0.05, 0.1) is 6.04 Å². The lowest BCUT2D eigenvalue weighted by atomic mass is 9.92. The number of likely N-dealkylation sites (tertiary alicyclic amines) is 1. The average Bonchev–Trinajstić information content (AvgIpc) is 2.87. The predicted molar refractivity (Wildman–Crippen MR) is 78.5 cm³/mol. The zero-order valence-electron chi connectivity index (χ0n) is 12.1. The Kier molecular flexibility index (Phi) is 4.31. The maximum absolute atomic E-state index is 10.7. The molecule has 0 saturated carbocycles. The number of fused-ring (bicyclic) bond motifs is 1. The Hall–Kier alpha value is -1.28. The first-order valence-electron chi connectivity index (χ1n) is 7.25. The molecule has 2 saturated heterocycles. The summed E-state index contributed by atoms with van der Waals surface area (Å²) in [4.78, 5) is 2.08. The molecule has 3 aliphatic rings. The average molecular weight is 260 g/mol. The Morgan fingerprint density at radius 3 is 2.79 bits per heavy atom. The van der Waals surface area contributed by atoms with Crippen molar-refractivity contribution < 1.29 is 5.11 Å². The van der Waals surface area contributed by atoms with Crippen LogP contribution in [0.4, 0.5) is 0 Å². The molecule has 2 fully saturated rings. The largest absolute Gasteiger partial charge is 0.369 e. The van der Waals surface area contributed by atoms with Crippen molar-refractivity contribution in [2.45, 2.75) is 45.4 Å². The molecule has 0 aromatic heterocycles. The number of rotatable bonds is 2. The second-order valence-corrected chi connectivity index (χ2v) is 5.07. The van der Waals surface area contributed by atoms with Crippen LogP contribution in [0.5, 0.6) is 0 Å². The molecule has 1 aliphatic carbocycles. The van der Waals surface area contributed by atoms with Gasteiger partial charge >= 0.3 is 0 Å². The van der Waals surface area contributed by atoms with E-state index in [0.717, 1.165) is 31.6 Å². The summed E-state index contributed by atoms with van der Waals surface area (Å²) in [5.74, 6) is 0. The fraction of sp³-hybridized carbons (Fsp3) is 0.562. The van der Waals surface area contributed by atoms with Crippen LogP contribution in [-0.2, 0) is 0 Å². The van der Waals surface area contributed by atoms with Gasteiger partial charge in [-0.1, -0.05) is 13.8 Å². The van der Waals surface area contributed by atoms with Crippen LogP contribution in [0.25, 0.3) is 0 Å². The fourth-order valence-electron chi connectivity index (χ4n) is 2.83. The van der Waals surface area contributed by atoms with Crippen LogP contribution in [-0.4, -0.2) is 34.9 Å². The zero-order chi connectivity index (χ0) is 13.9. The van der Waals surface area contributed by atoms with Gasteiger partial charge in [0.15, 0.2) is 5.72 Å². The highest BCUT2D eigenvalue weighted by molar-refractivity contribution is 5.46. The Balaban J connectivity index is 0.000000637. The van der Waals surface area contributed by atoms with Crippen molar-refractivity contribution in [2.24, 2.45) is 0 Å². The third-order valence-electron chi connectivity index (χ3n) is 3.93. The number of aliphatic hydroxyl groups is 1. The molecule has 0 aromatic carbocycles. The Morgan fingerprint density at radius 2 is 2.11 bits per heavy atom. The molecule has 2 unspecified atom stereocenters. The minimum atomic E-state index is -0.794. The van der Waals surface area contributed by atoms with Gasteiger partial charge in [0.25, 0.3) is 0 Å². The van der Waals surface area contributed by atoms with Gasteiger partial charge in [-0.3, -0.25) is 0 Å². The topological polar surface area (TPSA) is 35.5 Å². The molecule has 2 heterocycles. The third-order valence-corrected chi connectivity index (χ3v) is 3.93. The van der Waals surface area contributed by atoms with Crippen LogP contribution < -0.4 is 5.32 Å². The zero-order valence-corrected chi connectivity index (χ0v) is 12.1. The van der Waals surface area contributed by atoms with Crippen molar-refractivity contribution >= 4 is 0 Å². The summed E-state index contributed by atoms with van der Waals surface area (Å²) >= 11 is 0. The van der Waals surface area contributed by atoms with E-state index in [1.807, 2.05) is 39.0 Å². The number of nitrogens with one attached hydrogen (secondary N) is 1. The molecule has 104 valence electrons. The lowest BCUT2D eigenvalue weighted by Crippen LogP contribution is -2.61. The SMILES string of the molecule is CC.CC(O)(C1CCCN1)N1CC2=CC=C=CC=C21. The lowest BCUT2D eigenvalue weighted by Gasteiger charge is -2.50. The molecule has 0 bridgehead atoms. The number of hydrogen-bond donors (Lipinski definition) is 2. The summed E-state index contributed by atoms with van der Waals surface area (Å²) in [5.41, 5.74) is 4.68. The molecule has 2 atom stereocenters. The first-order chi connectivity index (χ1) is 9.19. The summed E-state index contributed by atoms with van der Waals surface area (Å²) in [7, 11) is 0. The van der Waals surface area contributed by atoms with E-state index in [2.05, 4.69) is 22.0 Å². The monoisotopic (exact) mass is 260 g/mol. The quantitative estimate of drug-likeness (QED) is 0.748. The normalized spacial score (nSPS) is 27.2. The molecule has 3 nitrogen and oxygen atoms in total. The molecule has 3 rings (SSSR count). The fourth-order valence-corrected chi connectivity index (χ4v) is 2.83. The van der Waals surface area contributed by atoms with Crippen LogP contribution >= 0.6 is 0 Å². The van der Waals surface area contributed by atoms with Gasteiger partial charge in [0.2, 0.25) is 0 Å². The van der Waals surface area contributed by atoms with Crippen LogP contribution in [0.15, 0.2) is 41.3 Å². The molecule has 0 radical (unpaired) electrons. The third kappa shape index (κ3) is 2.55. The van der Waals surface area contributed by atoms with Gasteiger partial charge in [0, 0.05) is 12.2 Å². The smallest absolute Gasteiger partial charge is 0.150 e. The summed E-state index contributed by atoms with van der Waals surface area (Å²) in [6.07, 6.45) is 10.1. The van der Waals surface area contributed by atoms with Crippen molar-refractivity contribution in [3.8, 4) is 0 Å². The van der Waals surface area contributed by atoms with E-state index in [9.17, 15) is 5.11 Å². The highest BCUT2D eigenvalue weighted by Crippen LogP contribution is 2.38. The van der Waals surface area contributed by atoms with Crippen LogP contribution in [0.1, 0.15) is 33.6 Å². The summed E-state index contributed by atoms with van der Waals surface area (Å²) in [5, 5.41) is 14.1. The van der Waals surface area contributed by atoms with E-state index >= 15 is 0 Å². The van der Waals surface area contributed by atoms with Crippen LogP contribution in [0.3, 0.4) is 0 Å². The highest BCUT2D eigenvalue weighted by atomic mass is 16.3. The number of nitrogens with zero attached hydrogens (tertiary/aromatic N) is 1. The van der Waals surface area contributed by atoms with Gasteiger partial charge in [-0.25, -0.2) is 0 Å².